The number of nitrogens with one attached hydrogen (secondary N) is 1. The summed E-state index contributed by atoms with van der Waals surface area (Å²) in [5.41, 5.74) is -0.847. The van der Waals surface area contributed by atoms with Crippen LogP contribution in [0, 0.1) is 15.9 Å². The highest BCUT2D eigenvalue weighted by Crippen LogP contribution is 2.30. The van der Waals surface area contributed by atoms with Crippen LogP contribution >= 0.6 is 11.6 Å². The van der Waals surface area contributed by atoms with Gasteiger partial charge in [0.1, 0.15) is 5.82 Å². The minimum Gasteiger partial charge on any atom is -0.490 e. The lowest BCUT2D eigenvalue weighted by molar-refractivity contribution is -0.386. The van der Waals surface area contributed by atoms with E-state index >= 15 is 0 Å². The summed E-state index contributed by atoms with van der Waals surface area (Å²) in [7, 11) is -3.00. The van der Waals surface area contributed by atoms with Gasteiger partial charge in [-0.25, -0.2) is 12.8 Å². The summed E-state index contributed by atoms with van der Waals surface area (Å²) in [5, 5.41) is 11.0. The van der Waals surface area contributed by atoms with E-state index in [-0.39, 0.29) is 16.5 Å². The molecule has 2 aromatic rings. The van der Waals surface area contributed by atoms with E-state index in [2.05, 4.69) is 0 Å². The van der Waals surface area contributed by atoms with Crippen molar-refractivity contribution in [3.8, 4) is 5.75 Å². The number of ether oxygens (including phenoxy) is 1. The van der Waals surface area contributed by atoms with Crippen LogP contribution < -0.4 is 9.46 Å². The van der Waals surface area contributed by atoms with E-state index in [1.165, 1.54) is 13.2 Å². The molecule has 1 N–H and O–H groups in total. The first kappa shape index (κ1) is 17.0. The lowest BCUT2D eigenvalue weighted by Crippen LogP contribution is -2.14. The smallest absolute Gasteiger partial charge is 0.312 e. The van der Waals surface area contributed by atoms with Crippen molar-refractivity contribution in [2.45, 2.75) is 4.90 Å². The molecule has 0 amide bonds. The molecular weight excluding hydrogens is 351 g/mol. The standard InChI is InChI=1S/C13H10ClFN2O5S/c1-22-13-5-3-9(7-12(13)17(18)19)23(20,21)16-11-4-2-8(14)6-10(11)15/h2-7,16H,1H3. The molecule has 7 nitrogen and oxygen atoms in total. The van der Waals surface area contributed by atoms with Gasteiger partial charge in [-0.2, -0.15) is 0 Å². The van der Waals surface area contributed by atoms with Crippen LogP contribution in [-0.2, 0) is 10.0 Å². The topological polar surface area (TPSA) is 98.5 Å². The first-order chi connectivity index (χ1) is 10.7. The number of anilines is 1. The number of methoxy groups -OCH3 is 1. The van der Waals surface area contributed by atoms with Gasteiger partial charge < -0.3 is 4.74 Å². The molecule has 0 radical (unpaired) electrons. The van der Waals surface area contributed by atoms with E-state index in [4.69, 9.17) is 16.3 Å². The summed E-state index contributed by atoms with van der Waals surface area (Å²) in [6.45, 7) is 0. The maximum atomic E-state index is 13.7. The molecular formula is C13H10ClFN2O5S. The third-order valence-corrected chi connectivity index (χ3v) is 4.43. The SMILES string of the molecule is COc1ccc(S(=O)(=O)Nc2ccc(Cl)cc2F)cc1[N+](=O)[O-]. The number of nitrogens with zero attached hydrogens (tertiary/aromatic N) is 1. The summed E-state index contributed by atoms with van der Waals surface area (Å²) in [6, 6.07) is 6.48. The summed E-state index contributed by atoms with van der Waals surface area (Å²) < 4.78 is 45.0. The van der Waals surface area contributed by atoms with Gasteiger partial charge >= 0.3 is 5.69 Å². The van der Waals surface area contributed by atoms with Crippen molar-refractivity contribution in [3.63, 3.8) is 0 Å². The van der Waals surface area contributed by atoms with Gasteiger partial charge in [-0.05, 0) is 30.3 Å². The molecule has 0 bridgehead atoms. The highest BCUT2D eigenvalue weighted by molar-refractivity contribution is 7.92. The van der Waals surface area contributed by atoms with Crippen molar-refractivity contribution in [1.29, 1.82) is 0 Å². The molecule has 10 heteroatoms. The van der Waals surface area contributed by atoms with Crippen LogP contribution in [-0.4, -0.2) is 20.5 Å². The van der Waals surface area contributed by atoms with Gasteiger partial charge in [0.15, 0.2) is 5.75 Å². The number of rotatable bonds is 5. The van der Waals surface area contributed by atoms with Crippen molar-refractivity contribution in [2.24, 2.45) is 0 Å². The zero-order chi connectivity index (χ0) is 17.2. The van der Waals surface area contributed by atoms with Crippen LogP contribution in [0.4, 0.5) is 15.8 Å². The zero-order valence-corrected chi connectivity index (χ0v) is 13.2. The minimum atomic E-state index is -4.22. The Kier molecular flexibility index (Phi) is 4.71. The number of halogens is 2. The molecule has 0 spiro atoms. The summed E-state index contributed by atoms with van der Waals surface area (Å²) in [4.78, 5) is 9.76. The van der Waals surface area contributed by atoms with Crippen molar-refractivity contribution in [1.82, 2.24) is 0 Å². The Morgan fingerprint density at radius 3 is 2.52 bits per heavy atom. The molecule has 2 aromatic carbocycles. The lowest BCUT2D eigenvalue weighted by Gasteiger charge is -2.10. The van der Waals surface area contributed by atoms with Gasteiger partial charge in [0.05, 0.1) is 22.6 Å². The Hall–Kier alpha value is -2.39. The number of nitro benzene ring substituents is 1. The van der Waals surface area contributed by atoms with Gasteiger partial charge in [0, 0.05) is 11.1 Å². The summed E-state index contributed by atoms with van der Waals surface area (Å²) in [5.74, 6) is -0.962. The number of hydrogen-bond donors (Lipinski definition) is 1. The Balaban J connectivity index is 2.43. The maximum Gasteiger partial charge on any atom is 0.312 e. The first-order valence-corrected chi connectivity index (χ1v) is 7.91. The van der Waals surface area contributed by atoms with Crippen molar-refractivity contribution < 1.29 is 22.5 Å². The molecule has 0 saturated carbocycles. The van der Waals surface area contributed by atoms with Gasteiger partial charge in [-0.3, -0.25) is 14.8 Å². The highest BCUT2D eigenvalue weighted by atomic mass is 35.5. The fraction of sp³-hybridized carbons (Fsp3) is 0.0769. The number of sulfonamides is 1. The molecule has 0 aromatic heterocycles. The van der Waals surface area contributed by atoms with Crippen LogP contribution in [0.1, 0.15) is 0 Å². The normalized spacial score (nSPS) is 11.1. The van der Waals surface area contributed by atoms with E-state index < -0.39 is 31.3 Å². The predicted molar refractivity (Wildman–Crippen MR) is 81.9 cm³/mol. The Morgan fingerprint density at radius 2 is 1.96 bits per heavy atom. The Morgan fingerprint density at radius 1 is 1.26 bits per heavy atom. The fourth-order valence-electron chi connectivity index (χ4n) is 1.76. The average molecular weight is 361 g/mol. The van der Waals surface area contributed by atoms with Crippen LogP contribution in [0.25, 0.3) is 0 Å². The fourth-order valence-corrected chi connectivity index (χ4v) is 3.00. The third-order valence-electron chi connectivity index (χ3n) is 2.83. The van der Waals surface area contributed by atoms with Crippen molar-refractivity contribution >= 4 is 33.0 Å². The summed E-state index contributed by atoms with van der Waals surface area (Å²) in [6.07, 6.45) is 0. The number of nitro groups is 1. The van der Waals surface area contributed by atoms with Crippen molar-refractivity contribution in [2.75, 3.05) is 11.8 Å². The van der Waals surface area contributed by atoms with Crippen LogP contribution in [0.15, 0.2) is 41.3 Å². The molecule has 0 aliphatic carbocycles. The van der Waals surface area contributed by atoms with Gasteiger partial charge in [0.2, 0.25) is 0 Å². The monoisotopic (exact) mass is 360 g/mol. The van der Waals surface area contributed by atoms with E-state index in [0.29, 0.717) is 0 Å². The summed E-state index contributed by atoms with van der Waals surface area (Å²) >= 11 is 5.59. The Labute approximate surface area is 135 Å². The van der Waals surface area contributed by atoms with Crippen molar-refractivity contribution in [3.05, 3.63) is 57.4 Å². The second-order valence-electron chi connectivity index (χ2n) is 4.32. The molecule has 0 aliphatic heterocycles. The first-order valence-electron chi connectivity index (χ1n) is 6.05. The van der Waals surface area contributed by atoms with Crippen LogP contribution in [0.3, 0.4) is 0 Å². The van der Waals surface area contributed by atoms with E-state index in [0.717, 1.165) is 30.3 Å². The van der Waals surface area contributed by atoms with Gasteiger partial charge in [0.25, 0.3) is 10.0 Å². The number of benzene rings is 2. The van der Waals surface area contributed by atoms with E-state index in [1.54, 1.807) is 0 Å². The quantitative estimate of drug-likeness (QED) is 0.652. The van der Waals surface area contributed by atoms with E-state index in [1.807, 2.05) is 4.72 Å². The minimum absolute atomic E-state index is 0.0911. The molecule has 0 heterocycles. The second-order valence-corrected chi connectivity index (χ2v) is 6.44. The number of hydrogen-bond acceptors (Lipinski definition) is 5. The highest BCUT2D eigenvalue weighted by Gasteiger charge is 2.23. The predicted octanol–water partition coefficient (Wildman–Crippen LogP) is 3.20. The van der Waals surface area contributed by atoms with E-state index in [9.17, 15) is 22.9 Å². The second kappa shape index (κ2) is 6.39. The lowest BCUT2D eigenvalue weighted by atomic mass is 10.3. The van der Waals surface area contributed by atoms with Crippen LogP contribution in [0.2, 0.25) is 5.02 Å². The molecule has 0 unspecified atom stereocenters. The Bertz CT molecular complexity index is 873. The van der Waals surface area contributed by atoms with Crippen LogP contribution in [0.5, 0.6) is 5.75 Å². The molecule has 0 fully saturated rings. The molecule has 23 heavy (non-hydrogen) atoms. The molecule has 0 saturated heterocycles. The van der Waals surface area contributed by atoms with Gasteiger partial charge in [-0.1, -0.05) is 11.6 Å². The maximum absolute atomic E-state index is 13.7. The largest absolute Gasteiger partial charge is 0.490 e. The molecule has 0 atom stereocenters. The third kappa shape index (κ3) is 3.69. The zero-order valence-electron chi connectivity index (χ0n) is 11.6. The van der Waals surface area contributed by atoms with Gasteiger partial charge in [-0.15, -0.1) is 0 Å². The molecule has 2 rings (SSSR count). The average Bonchev–Trinajstić information content (AvgIpc) is 2.49. The molecule has 122 valence electrons. The molecule has 0 aliphatic rings.